The van der Waals surface area contributed by atoms with Gasteiger partial charge in [0.1, 0.15) is 0 Å². The van der Waals surface area contributed by atoms with Crippen molar-refractivity contribution < 1.29 is 20.9 Å². The van der Waals surface area contributed by atoms with Crippen molar-refractivity contribution in [1.29, 1.82) is 0 Å². The van der Waals surface area contributed by atoms with Crippen LogP contribution in [0.2, 0.25) is 13.1 Å². The molecule has 4 aromatic carbocycles. The summed E-state index contributed by atoms with van der Waals surface area (Å²) in [7, 11) is 0. The van der Waals surface area contributed by atoms with E-state index in [9.17, 15) is 0 Å². The molecule has 0 aromatic heterocycles. The van der Waals surface area contributed by atoms with E-state index in [1.54, 1.807) is 22.3 Å². The summed E-state index contributed by atoms with van der Waals surface area (Å²) in [5.41, 5.74) is 18.6. The average molecular weight is 729 g/mol. The van der Waals surface area contributed by atoms with Crippen LogP contribution in [0.4, 0.5) is 0 Å². The van der Waals surface area contributed by atoms with Crippen LogP contribution in [0, 0.1) is 11.8 Å². The van der Waals surface area contributed by atoms with Crippen LogP contribution in [0.15, 0.2) is 96.1 Å². The van der Waals surface area contributed by atoms with Crippen LogP contribution in [0.25, 0.3) is 34.4 Å². The summed E-state index contributed by atoms with van der Waals surface area (Å²) in [4.78, 5) is 0. The number of fused-ring (bicyclic) bond motifs is 2. The van der Waals surface area contributed by atoms with E-state index in [0.717, 1.165) is 12.8 Å². The molecule has 0 fully saturated rings. The first-order valence-electron chi connectivity index (χ1n) is 18.8. The molecular weight excluding hydrogens is 672 g/mol. The zero-order valence-corrected chi connectivity index (χ0v) is 34.8. The van der Waals surface area contributed by atoms with Crippen molar-refractivity contribution in [3.63, 3.8) is 0 Å². The minimum atomic E-state index is -2.25. The molecule has 2 aliphatic carbocycles. The van der Waals surface area contributed by atoms with Crippen molar-refractivity contribution in [1.82, 2.24) is 0 Å². The Balaban J connectivity index is 1.54. The van der Waals surface area contributed by atoms with Crippen LogP contribution in [0.1, 0.15) is 121 Å². The Hall–Kier alpha value is -2.54. The van der Waals surface area contributed by atoms with Gasteiger partial charge in [-0.15, -0.1) is 0 Å². The molecule has 0 saturated carbocycles. The van der Waals surface area contributed by atoms with Crippen molar-refractivity contribution in [2.45, 2.75) is 100 Å². The van der Waals surface area contributed by atoms with E-state index in [4.69, 9.17) is 0 Å². The van der Waals surface area contributed by atoms with Gasteiger partial charge in [0.05, 0.1) is 0 Å². The van der Waals surface area contributed by atoms with Crippen LogP contribution in [-0.4, -0.2) is 5.92 Å². The zero-order chi connectivity index (χ0) is 34.3. The fraction of sp³-hybridized carbons (Fsp3) is 0.391. The molecule has 4 aromatic rings. The van der Waals surface area contributed by atoms with Gasteiger partial charge in [0.25, 0.3) is 0 Å². The Morgan fingerprint density at radius 2 is 0.896 bits per heavy atom. The van der Waals surface area contributed by atoms with Crippen LogP contribution in [-0.2, 0) is 20.9 Å². The van der Waals surface area contributed by atoms with Crippen molar-refractivity contribution in [3.8, 4) is 22.3 Å². The zero-order valence-electron chi connectivity index (χ0n) is 31.2. The molecule has 0 spiro atoms. The maximum atomic E-state index is 2.71. The molecule has 48 heavy (non-hydrogen) atoms. The predicted octanol–water partition coefficient (Wildman–Crippen LogP) is 13.5. The molecule has 6 rings (SSSR count). The normalized spacial score (nSPS) is 18.2. The monoisotopic (exact) mass is 727 g/mol. The minimum absolute atomic E-state index is 0.546. The first-order valence-corrected chi connectivity index (χ1v) is 28.8. The Kier molecular flexibility index (Phi) is 10.8. The molecule has 0 radical (unpaired) electrons. The van der Waals surface area contributed by atoms with Crippen molar-refractivity contribution in [2.24, 2.45) is 11.8 Å². The van der Waals surface area contributed by atoms with Gasteiger partial charge in [0.15, 0.2) is 0 Å². The summed E-state index contributed by atoms with van der Waals surface area (Å²) in [6, 6.07) is 33.1. The molecule has 0 aliphatic heterocycles. The molecule has 249 valence electrons. The SMILES string of the molecule is CCC(C)c1ccccc1-c1cccc2c1C=C(C(C)C)[CH]2[Zr]([CH]1C(C(C)C)=Cc2c(-c3ccccc3C(C)CC)cccc21)[SiH](C)C. The van der Waals surface area contributed by atoms with Gasteiger partial charge in [-0.25, -0.2) is 0 Å². The molecule has 0 amide bonds. The van der Waals surface area contributed by atoms with Gasteiger partial charge in [-0.3, -0.25) is 0 Å². The van der Waals surface area contributed by atoms with Gasteiger partial charge in [-0.05, 0) is 0 Å². The summed E-state index contributed by atoms with van der Waals surface area (Å²) in [6.45, 7) is 24.7. The maximum absolute atomic E-state index is 2.71. The Morgan fingerprint density at radius 3 is 1.25 bits per heavy atom. The average Bonchev–Trinajstić information content (AvgIpc) is 3.67. The van der Waals surface area contributed by atoms with E-state index in [1.807, 2.05) is 0 Å². The molecule has 4 unspecified atom stereocenters. The molecule has 0 nitrogen and oxygen atoms in total. The molecule has 0 saturated heterocycles. The third-order valence-electron chi connectivity index (χ3n) is 11.6. The van der Waals surface area contributed by atoms with Gasteiger partial charge in [-0.1, -0.05) is 0 Å². The number of hydrogen-bond donors (Lipinski definition) is 0. The predicted molar refractivity (Wildman–Crippen MR) is 211 cm³/mol. The van der Waals surface area contributed by atoms with E-state index in [0.29, 0.717) is 30.9 Å². The fourth-order valence-corrected chi connectivity index (χ4v) is 32.0. The number of allylic oxidation sites excluding steroid dienone is 2. The molecule has 2 heteroatoms. The molecule has 2 aliphatic rings. The topological polar surface area (TPSA) is 0 Å². The summed E-state index contributed by atoms with van der Waals surface area (Å²) >= 11 is -2.25. The van der Waals surface area contributed by atoms with E-state index < -0.39 is 26.8 Å². The second kappa shape index (κ2) is 14.7. The van der Waals surface area contributed by atoms with E-state index >= 15 is 0 Å². The summed E-state index contributed by atoms with van der Waals surface area (Å²) in [5, 5.41) is 0. The molecule has 0 heterocycles. The van der Waals surface area contributed by atoms with Crippen LogP contribution >= 0.6 is 0 Å². The second-order valence-electron chi connectivity index (χ2n) is 15.5. The van der Waals surface area contributed by atoms with E-state index in [-0.39, 0.29) is 0 Å². The Bertz CT molecular complexity index is 1710. The third kappa shape index (κ3) is 6.31. The van der Waals surface area contributed by atoms with E-state index in [2.05, 4.69) is 166 Å². The summed E-state index contributed by atoms with van der Waals surface area (Å²) in [5.74, 6) is 1.19. The summed E-state index contributed by atoms with van der Waals surface area (Å²) in [6.07, 6.45) is 7.68. The van der Waals surface area contributed by atoms with Gasteiger partial charge in [-0.2, -0.15) is 0 Å². The molecule has 0 N–H and O–H groups in total. The van der Waals surface area contributed by atoms with Gasteiger partial charge in [0.2, 0.25) is 0 Å². The standard InChI is InChI=1S/2C22H25.C2H7Si.Zr/c2*1-5-16(4)19-10-6-7-11-20(19)21-12-8-9-17-13-18(15(2)3)14-22(17)21;1-3-2;/h2*6-16H,5H2,1-4H3;3H,1-2H3;. The summed E-state index contributed by atoms with van der Waals surface area (Å²) < 4.78 is 1.28. The number of benzene rings is 4. The first kappa shape index (κ1) is 35.3. The molecule has 0 bridgehead atoms. The Morgan fingerprint density at radius 1 is 0.521 bits per heavy atom. The molecule has 4 atom stereocenters. The quantitative estimate of drug-likeness (QED) is 0.135. The van der Waals surface area contributed by atoms with Crippen LogP contribution < -0.4 is 0 Å². The van der Waals surface area contributed by atoms with Crippen LogP contribution in [0.5, 0.6) is 0 Å². The number of hydrogen-bond acceptors (Lipinski definition) is 0. The van der Waals surface area contributed by atoms with Crippen LogP contribution in [0.3, 0.4) is 0 Å². The Labute approximate surface area is 301 Å². The van der Waals surface area contributed by atoms with E-state index in [1.165, 1.54) is 44.5 Å². The first-order chi connectivity index (χ1) is 23.1. The van der Waals surface area contributed by atoms with Gasteiger partial charge < -0.3 is 0 Å². The van der Waals surface area contributed by atoms with Crippen molar-refractivity contribution in [3.05, 3.63) is 129 Å². The third-order valence-corrected chi connectivity index (χ3v) is 33.2. The van der Waals surface area contributed by atoms with Crippen molar-refractivity contribution >= 4 is 18.1 Å². The van der Waals surface area contributed by atoms with Gasteiger partial charge >= 0.3 is 303 Å². The molecular formula is C46H57SiZr. The van der Waals surface area contributed by atoms with Gasteiger partial charge in [0, 0.05) is 0 Å². The number of rotatable bonds is 11. The van der Waals surface area contributed by atoms with Crippen molar-refractivity contribution in [2.75, 3.05) is 0 Å². The fourth-order valence-electron chi connectivity index (χ4n) is 8.68. The second-order valence-corrected chi connectivity index (χ2v) is 35.6.